The summed E-state index contributed by atoms with van der Waals surface area (Å²) in [5, 5.41) is 19.5. The molecule has 34 heavy (non-hydrogen) atoms. The standard InChI is InChI=1S/C30H46O4/c1-22-13-15-24(28(3,4)18-22)20-30(27(33)34,17-11-9-7-8-10-12-26(31)32)21-25-16-14-23(2)19-29(25,5)6/h13-16,18-19,24-25H,7-12,17,20-21H2,1-6H3,(H,31,32)(H,33,34). The Morgan fingerprint density at radius 1 is 0.794 bits per heavy atom. The summed E-state index contributed by atoms with van der Waals surface area (Å²) in [5.74, 6) is -1.07. The minimum Gasteiger partial charge on any atom is -0.481 e. The van der Waals surface area contributed by atoms with Crippen LogP contribution < -0.4 is 0 Å². The van der Waals surface area contributed by atoms with E-state index in [4.69, 9.17) is 5.11 Å². The van der Waals surface area contributed by atoms with Crippen LogP contribution in [0.2, 0.25) is 0 Å². The van der Waals surface area contributed by atoms with Crippen molar-refractivity contribution in [2.45, 2.75) is 99.3 Å². The van der Waals surface area contributed by atoms with Crippen LogP contribution in [0.15, 0.2) is 47.6 Å². The van der Waals surface area contributed by atoms with Crippen LogP contribution in [0, 0.1) is 28.1 Å². The lowest BCUT2D eigenvalue weighted by Gasteiger charge is -2.43. The Bertz CT molecular complexity index is 805. The van der Waals surface area contributed by atoms with Crippen molar-refractivity contribution in [1.29, 1.82) is 0 Å². The average Bonchev–Trinajstić information content (AvgIpc) is 2.69. The average molecular weight is 471 g/mol. The number of rotatable bonds is 13. The molecule has 4 heteroatoms. The number of hydrogen-bond acceptors (Lipinski definition) is 2. The molecule has 2 aliphatic carbocycles. The SMILES string of the molecule is CC1=CC(C)(C)C(CC(CCCCCCCC(=O)O)(CC2C=CC(C)=CC2(C)C)C(=O)O)C=C1. The summed E-state index contributed by atoms with van der Waals surface area (Å²) in [5.41, 5.74) is 1.52. The van der Waals surface area contributed by atoms with Gasteiger partial charge in [0.15, 0.2) is 0 Å². The van der Waals surface area contributed by atoms with E-state index in [1.807, 2.05) is 0 Å². The van der Waals surface area contributed by atoms with Crippen molar-refractivity contribution in [2.75, 3.05) is 0 Å². The van der Waals surface area contributed by atoms with Gasteiger partial charge in [0.25, 0.3) is 0 Å². The van der Waals surface area contributed by atoms with Gasteiger partial charge < -0.3 is 10.2 Å². The van der Waals surface area contributed by atoms with Crippen LogP contribution in [0.4, 0.5) is 0 Å². The first-order valence-electron chi connectivity index (χ1n) is 13.0. The second kappa shape index (κ2) is 11.6. The van der Waals surface area contributed by atoms with Gasteiger partial charge in [-0.1, -0.05) is 101 Å². The highest BCUT2D eigenvalue weighted by atomic mass is 16.4. The molecule has 2 rings (SSSR count). The second-order valence-electron chi connectivity index (χ2n) is 12.0. The van der Waals surface area contributed by atoms with Crippen molar-refractivity contribution in [1.82, 2.24) is 0 Å². The van der Waals surface area contributed by atoms with E-state index in [9.17, 15) is 14.7 Å². The maximum Gasteiger partial charge on any atom is 0.309 e. The number of carbonyl (C=O) groups is 2. The van der Waals surface area contributed by atoms with E-state index in [1.165, 1.54) is 11.1 Å². The molecule has 0 aromatic rings. The molecule has 0 spiro atoms. The lowest BCUT2D eigenvalue weighted by atomic mass is 9.60. The van der Waals surface area contributed by atoms with Crippen LogP contribution in [0.3, 0.4) is 0 Å². The molecular formula is C30H46O4. The Balaban J connectivity index is 2.21. The molecule has 190 valence electrons. The van der Waals surface area contributed by atoms with Crippen molar-refractivity contribution in [3.8, 4) is 0 Å². The zero-order valence-electron chi connectivity index (χ0n) is 22.2. The van der Waals surface area contributed by atoms with Crippen molar-refractivity contribution in [3.05, 3.63) is 47.6 Å². The van der Waals surface area contributed by atoms with Crippen molar-refractivity contribution in [2.24, 2.45) is 28.1 Å². The summed E-state index contributed by atoms with van der Waals surface area (Å²) < 4.78 is 0. The van der Waals surface area contributed by atoms with Gasteiger partial charge in [0, 0.05) is 6.42 Å². The number of allylic oxidation sites excluding steroid dienone is 8. The predicted molar refractivity (Wildman–Crippen MR) is 140 cm³/mol. The zero-order chi connectivity index (χ0) is 25.6. The first-order chi connectivity index (χ1) is 15.8. The third-order valence-electron chi connectivity index (χ3n) is 8.01. The molecule has 0 radical (unpaired) electrons. The van der Waals surface area contributed by atoms with E-state index < -0.39 is 17.4 Å². The van der Waals surface area contributed by atoms with Crippen LogP contribution in [-0.4, -0.2) is 22.2 Å². The van der Waals surface area contributed by atoms with E-state index in [0.717, 1.165) is 25.7 Å². The summed E-state index contributed by atoms with van der Waals surface area (Å²) in [7, 11) is 0. The fourth-order valence-electron chi connectivity index (χ4n) is 5.86. The Morgan fingerprint density at radius 3 is 1.65 bits per heavy atom. The Labute approximate surface area is 206 Å². The van der Waals surface area contributed by atoms with Gasteiger partial charge in [-0.05, 0) is 62.2 Å². The third kappa shape index (κ3) is 7.71. The Morgan fingerprint density at radius 2 is 1.24 bits per heavy atom. The molecule has 2 atom stereocenters. The Kier molecular flexibility index (Phi) is 9.56. The minimum absolute atomic E-state index is 0.0786. The van der Waals surface area contributed by atoms with Gasteiger partial charge in [-0.25, -0.2) is 0 Å². The van der Waals surface area contributed by atoms with Crippen LogP contribution >= 0.6 is 0 Å². The highest BCUT2D eigenvalue weighted by Crippen LogP contribution is 2.50. The molecule has 0 aliphatic heterocycles. The molecule has 4 nitrogen and oxygen atoms in total. The van der Waals surface area contributed by atoms with Crippen LogP contribution in [0.25, 0.3) is 0 Å². The van der Waals surface area contributed by atoms with Crippen molar-refractivity contribution < 1.29 is 19.8 Å². The lowest BCUT2D eigenvalue weighted by molar-refractivity contribution is -0.152. The highest BCUT2D eigenvalue weighted by Gasteiger charge is 2.46. The van der Waals surface area contributed by atoms with Gasteiger partial charge in [0.1, 0.15) is 0 Å². The molecule has 2 aliphatic rings. The van der Waals surface area contributed by atoms with Gasteiger partial charge in [-0.2, -0.15) is 0 Å². The largest absolute Gasteiger partial charge is 0.481 e. The monoisotopic (exact) mass is 470 g/mol. The topological polar surface area (TPSA) is 74.6 Å². The van der Waals surface area contributed by atoms with Gasteiger partial charge in [0.2, 0.25) is 0 Å². The van der Waals surface area contributed by atoms with Gasteiger partial charge >= 0.3 is 11.9 Å². The third-order valence-corrected chi connectivity index (χ3v) is 8.01. The van der Waals surface area contributed by atoms with Gasteiger partial charge in [-0.3, -0.25) is 9.59 Å². The number of unbranched alkanes of at least 4 members (excludes halogenated alkanes) is 4. The van der Waals surface area contributed by atoms with E-state index in [1.54, 1.807) is 0 Å². The summed E-state index contributed by atoms with van der Waals surface area (Å²) in [6.07, 6.45) is 19.8. The first kappa shape index (κ1) is 28.1. The minimum atomic E-state index is -0.794. The first-order valence-corrected chi connectivity index (χ1v) is 13.0. The second-order valence-corrected chi connectivity index (χ2v) is 12.0. The molecule has 0 aromatic heterocycles. The fourth-order valence-corrected chi connectivity index (χ4v) is 5.86. The number of aliphatic carboxylic acids is 2. The van der Waals surface area contributed by atoms with E-state index >= 15 is 0 Å². The maximum atomic E-state index is 13.0. The number of carboxylic acid groups (broad SMARTS) is 2. The normalized spacial score (nSPS) is 24.8. The number of hydrogen-bond donors (Lipinski definition) is 2. The summed E-state index contributed by atoms with van der Waals surface area (Å²) in [6.45, 7) is 13.1. The molecule has 0 fully saturated rings. The van der Waals surface area contributed by atoms with Crippen LogP contribution in [0.5, 0.6) is 0 Å². The van der Waals surface area contributed by atoms with Crippen molar-refractivity contribution >= 4 is 11.9 Å². The van der Waals surface area contributed by atoms with E-state index in [0.29, 0.717) is 25.7 Å². The molecule has 2 N–H and O–H groups in total. The van der Waals surface area contributed by atoms with Gasteiger partial charge in [-0.15, -0.1) is 0 Å². The smallest absolute Gasteiger partial charge is 0.309 e. The molecule has 0 amide bonds. The molecule has 0 bridgehead atoms. The quantitative estimate of drug-likeness (QED) is 0.268. The molecule has 0 saturated heterocycles. The highest BCUT2D eigenvalue weighted by molar-refractivity contribution is 5.75. The molecule has 0 saturated carbocycles. The molecule has 2 unspecified atom stereocenters. The van der Waals surface area contributed by atoms with E-state index in [2.05, 4.69) is 78.0 Å². The van der Waals surface area contributed by atoms with E-state index in [-0.39, 0.29) is 29.1 Å². The fraction of sp³-hybridized carbons (Fsp3) is 0.667. The van der Waals surface area contributed by atoms with Crippen LogP contribution in [0.1, 0.15) is 99.3 Å². The predicted octanol–water partition coefficient (Wildman–Crippen LogP) is 7.97. The van der Waals surface area contributed by atoms with Crippen molar-refractivity contribution in [3.63, 3.8) is 0 Å². The maximum absolute atomic E-state index is 13.0. The Hall–Kier alpha value is -2.10. The number of carboxylic acids is 2. The molecule has 0 heterocycles. The molecular weight excluding hydrogens is 424 g/mol. The lowest BCUT2D eigenvalue weighted by Crippen LogP contribution is -2.40. The van der Waals surface area contributed by atoms with Crippen LogP contribution in [-0.2, 0) is 9.59 Å². The summed E-state index contributed by atoms with van der Waals surface area (Å²) in [6, 6.07) is 0. The summed E-state index contributed by atoms with van der Waals surface area (Å²) in [4.78, 5) is 23.8. The molecule has 0 aromatic carbocycles. The zero-order valence-corrected chi connectivity index (χ0v) is 22.2. The summed E-state index contributed by atoms with van der Waals surface area (Å²) >= 11 is 0. The van der Waals surface area contributed by atoms with Gasteiger partial charge in [0.05, 0.1) is 5.41 Å².